The van der Waals surface area contributed by atoms with Crippen LogP contribution in [0, 0.1) is 5.92 Å². The Morgan fingerprint density at radius 3 is 2.67 bits per heavy atom. The molecule has 1 unspecified atom stereocenters. The number of hydrogen-bond acceptors (Lipinski definition) is 5. The molecular formula is C30H37Cl2N3O4. The van der Waals surface area contributed by atoms with Crippen LogP contribution in [0.25, 0.3) is 6.08 Å². The Hall–Kier alpha value is -2.74. The number of likely N-dealkylation sites (tertiary alicyclic amines) is 1. The molecule has 2 aliphatic heterocycles. The second-order valence-corrected chi connectivity index (χ2v) is 10.9. The van der Waals surface area contributed by atoms with E-state index in [0.29, 0.717) is 46.1 Å². The fraction of sp³-hybridized carbons (Fsp3) is 0.467. The maximum atomic E-state index is 12.4. The Labute approximate surface area is 240 Å². The normalized spacial score (nSPS) is 16.9. The monoisotopic (exact) mass is 573 g/mol. The zero-order chi connectivity index (χ0) is 27.5. The summed E-state index contributed by atoms with van der Waals surface area (Å²) in [6, 6.07) is 10.6. The van der Waals surface area contributed by atoms with Gasteiger partial charge in [-0.05, 0) is 99.5 Å². The van der Waals surface area contributed by atoms with Gasteiger partial charge in [0.1, 0.15) is 0 Å². The highest BCUT2D eigenvalue weighted by Gasteiger charge is 2.20. The van der Waals surface area contributed by atoms with Crippen molar-refractivity contribution < 1.29 is 19.1 Å². The van der Waals surface area contributed by atoms with Gasteiger partial charge >= 0.3 is 0 Å². The van der Waals surface area contributed by atoms with E-state index < -0.39 is 0 Å². The molecule has 0 bridgehead atoms. The minimum absolute atomic E-state index is 0.0720. The number of fused-ring (bicyclic) bond motifs is 1. The van der Waals surface area contributed by atoms with Crippen LogP contribution in [0.2, 0.25) is 10.0 Å². The number of carbonyl (C=O) groups excluding carboxylic acids is 2. The molecule has 1 fully saturated rings. The molecule has 0 aromatic heterocycles. The number of piperidine rings is 1. The number of benzene rings is 2. The van der Waals surface area contributed by atoms with Crippen molar-refractivity contribution in [2.24, 2.45) is 5.92 Å². The molecule has 1 saturated heterocycles. The quantitative estimate of drug-likeness (QED) is 0.229. The van der Waals surface area contributed by atoms with Crippen molar-refractivity contribution in [3.05, 3.63) is 63.6 Å². The van der Waals surface area contributed by atoms with E-state index in [1.165, 1.54) is 18.9 Å². The fourth-order valence-corrected chi connectivity index (χ4v) is 5.32. The minimum Gasteiger partial charge on any atom is -0.454 e. The highest BCUT2D eigenvalue weighted by atomic mass is 35.5. The van der Waals surface area contributed by atoms with Gasteiger partial charge in [0.25, 0.3) is 5.91 Å². The van der Waals surface area contributed by atoms with Gasteiger partial charge in [0.05, 0.1) is 10.0 Å². The molecule has 2 heterocycles. The first-order chi connectivity index (χ1) is 19.0. The standard InChI is InChI=1S/C30H37Cl2N3O4/c31-25-11-8-22(18-26(25)32)9-13-29(36)33-14-2-1-3-16-35-17-5-7-23(20-35)6-4-15-34-30(37)24-10-12-27-28(19-24)39-21-38-27/h8-13,18-19,23H,1-7,14-17,20-21H2,(H,33,36)(H,34,37)/b13-9+. The summed E-state index contributed by atoms with van der Waals surface area (Å²) in [4.78, 5) is 27.1. The summed E-state index contributed by atoms with van der Waals surface area (Å²) < 4.78 is 10.7. The van der Waals surface area contributed by atoms with Gasteiger partial charge in [0.2, 0.25) is 12.7 Å². The zero-order valence-corrected chi connectivity index (χ0v) is 23.7. The van der Waals surface area contributed by atoms with E-state index in [2.05, 4.69) is 15.5 Å². The van der Waals surface area contributed by atoms with E-state index in [9.17, 15) is 9.59 Å². The Balaban J connectivity index is 1.03. The molecule has 2 aromatic carbocycles. The third-order valence-electron chi connectivity index (χ3n) is 7.13. The molecule has 2 amide bonds. The van der Waals surface area contributed by atoms with Crippen molar-refractivity contribution in [2.45, 2.75) is 44.9 Å². The Kier molecular flexibility index (Phi) is 11.4. The van der Waals surface area contributed by atoms with E-state index >= 15 is 0 Å². The summed E-state index contributed by atoms with van der Waals surface area (Å²) in [6.07, 6.45) is 11.0. The van der Waals surface area contributed by atoms with E-state index in [1.807, 2.05) is 6.07 Å². The molecule has 210 valence electrons. The molecule has 9 heteroatoms. The van der Waals surface area contributed by atoms with Crippen molar-refractivity contribution in [3.63, 3.8) is 0 Å². The average molecular weight is 575 g/mol. The molecule has 0 radical (unpaired) electrons. The van der Waals surface area contributed by atoms with Gasteiger partial charge in [0.15, 0.2) is 11.5 Å². The van der Waals surface area contributed by atoms with Gasteiger partial charge in [-0.15, -0.1) is 0 Å². The molecule has 0 spiro atoms. The molecule has 2 N–H and O–H groups in total. The topological polar surface area (TPSA) is 79.9 Å². The first-order valence-corrected chi connectivity index (χ1v) is 14.5. The van der Waals surface area contributed by atoms with Crippen molar-refractivity contribution in [1.29, 1.82) is 0 Å². The summed E-state index contributed by atoms with van der Waals surface area (Å²) in [6.45, 7) is 4.95. The number of amides is 2. The van der Waals surface area contributed by atoms with Gasteiger partial charge in [-0.25, -0.2) is 0 Å². The van der Waals surface area contributed by atoms with Crippen molar-refractivity contribution in [2.75, 3.05) is 39.5 Å². The molecule has 7 nitrogen and oxygen atoms in total. The number of rotatable bonds is 13. The molecule has 1 atom stereocenters. The summed E-state index contributed by atoms with van der Waals surface area (Å²) >= 11 is 11.9. The van der Waals surface area contributed by atoms with Crippen LogP contribution in [-0.4, -0.2) is 56.2 Å². The van der Waals surface area contributed by atoms with Gasteiger partial charge in [-0.1, -0.05) is 35.7 Å². The third kappa shape index (κ3) is 9.45. The lowest BCUT2D eigenvalue weighted by atomic mass is 9.93. The van der Waals surface area contributed by atoms with Gasteiger partial charge < -0.3 is 25.0 Å². The predicted molar refractivity (Wildman–Crippen MR) is 156 cm³/mol. The van der Waals surface area contributed by atoms with Crippen LogP contribution in [0.5, 0.6) is 11.5 Å². The number of hydrogen-bond donors (Lipinski definition) is 2. The largest absolute Gasteiger partial charge is 0.454 e. The first-order valence-electron chi connectivity index (χ1n) is 13.8. The molecule has 39 heavy (non-hydrogen) atoms. The Bertz CT molecular complexity index is 1160. The smallest absolute Gasteiger partial charge is 0.251 e. The van der Waals surface area contributed by atoms with Crippen LogP contribution >= 0.6 is 23.2 Å². The molecule has 0 saturated carbocycles. The van der Waals surface area contributed by atoms with Gasteiger partial charge in [-0.3, -0.25) is 9.59 Å². The SMILES string of the molecule is O=C(/C=C/c1ccc(Cl)c(Cl)c1)NCCCCCN1CCCC(CCCNC(=O)c2ccc3c(c2)OCO3)C1. The Morgan fingerprint density at radius 2 is 1.79 bits per heavy atom. The maximum Gasteiger partial charge on any atom is 0.251 e. The van der Waals surface area contributed by atoms with Gasteiger partial charge in [-0.2, -0.15) is 0 Å². The van der Waals surface area contributed by atoms with Crippen molar-refractivity contribution >= 4 is 41.1 Å². The predicted octanol–water partition coefficient (Wildman–Crippen LogP) is 5.94. The van der Waals surface area contributed by atoms with E-state index in [1.54, 1.807) is 36.4 Å². The molecule has 2 aliphatic rings. The Morgan fingerprint density at radius 1 is 0.949 bits per heavy atom. The number of nitrogens with zero attached hydrogens (tertiary/aromatic N) is 1. The summed E-state index contributed by atoms with van der Waals surface area (Å²) in [7, 11) is 0. The highest BCUT2D eigenvalue weighted by molar-refractivity contribution is 6.42. The number of unbranched alkanes of at least 4 members (excludes halogenated alkanes) is 2. The van der Waals surface area contributed by atoms with Gasteiger partial charge in [0, 0.05) is 31.3 Å². The maximum absolute atomic E-state index is 12.4. The molecular weight excluding hydrogens is 537 g/mol. The molecule has 2 aromatic rings. The van der Waals surface area contributed by atoms with Crippen molar-refractivity contribution in [3.8, 4) is 11.5 Å². The fourth-order valence-electron chi connectivity index (χ4n) is 5.02. The lowest BCUT2D eigenvalue weighted by molar-refractivity contribution is -0.116. The average Bonchev–Trinajstić information content (AvgIpc) is 3.42. The van der Waals surface area contributed by atoms with Crippen LogP contribution < -0.4 is 20.1 Å². The molecule has 4 rings (SSSR count). The third-order valence-corrected chi connectivity index (χ3v) is 7.87. The zero-order valence-electron chi connectivity index (χ0n) is 22.2. The second-order valence-electron chi connectivity index (χ2n) is 10.1. The van der Waals surface area contributed by atoms with E-state index in [0.717, 1.165) is 57.3 Å². The van der Waals surface area contributed by atoms with Crippen LogP contribution in [0.4, 0.5) is 0 Å². The molecule has 0 aliphatic carbocycles. The van der Waals surface area contributed by atoms with Crippen LogP contribution in [0.3, 0.4) is 0 Å². The highest BCUT2D eigenvalue weighted by Crippen LogP contribution is 2.32. The number of carbonyl (C=O) groups is 2. The lowest BCUT2D eigenvalue weighted by Gasteiger charge is -2.32. The summed E-state index contributed by atoms with van der Waals surface area (Å²) in [5.41, 5.74) is 1.44. The van der Waals surface area contributed by atoms with Crippen LogP contribution in [0.15, 0.2) is 42.5 Å². The number of halogens is 2. The minimum atomic E-state index is -0.105. The summed E-state index contributed by atoms with van der Waals surface area (Å²) in [5, 5.41) is 6.94. The lowest BCUT2D eigenvalue weighted by Crippen LogP contribution is -2.36. The van der Waals surface area contributed by atoms with E-state index in [4.69, 9.17) is 32.7 Å². The van der Waals surface area contributed by atoms with Crippen LogP contribution in [-0.2, 0) is 4.79 Å². The summed E-state index contributed by atoms with van der Waals surface area (Å²) in [5.74, 6) is 1.82. The first kappa shape index (κ1) is 29.2. The second kappa shape index (κ2) is 15.2. The van der Waals surface area contributed by atoms with Crippen molar-refractivity contribution in [1.82, 2.24) is 15.5 Å². The number of nitrogens with one attached hydrogen (secondary N) is 2. The number of ether oxygens (including phenoxy) is 2. The van der Waals surface area contributed by atoms with E-state index in [-0.39, 0.29) is 18.6 Å². The van der Waals surface area contributed by atoms with Crippen LogP contribution in [0.1, 0.15) is 60.9 Å².